The number of nitrogens with zero attached hydrogens (tertiary/aromatic N) is 5. The molecule has 1 amide bonds. The highest BCUT2D eigenvalue weighted by Crippen LogP contribution is 2.23. The van der Waals surface area contributed by atoms with Crippen molar-refractivity contribution >= 4 is 29.3 Å². The lowest BCUT2D eigenvalue weighted by molar-refractivity contribution is -0.127. The van der Waals surface area contributed by atoms with E-state index in [9.17, 15) is 4.79 Å². The van der Waals surface area contributed by atoms with E-state index in [1.54, 1.807) is 24.1 Å². The summed E-state index contributed by atoms with van der Waals surface area (Å²) in [5.74, 6) is 0.935. The fourth-order valence-electron chi connectivity index (χ4n) is 1.87. The number of amides is 1. The molecule has 0 spiro atoms. The van der Waals surface area contributed by atoms with Crippen molar-refractivity contribution in [3.63, 3.8) is 0 Å². The molecule has 0 unspecified atom stereocenters. The molecule has 6 nitrogen and oxygen atoms in total. The molecule has 23 heavy (non-hydrogen) atoms. The maximum Gasteiger partial charge on any atom is 0.232 e. The predicted octanol–water partition coefficient (Wildman–Crippen LogP) is 2.60. The van der Waals surface area contributed by atoms with Crippen molar-refractivity contribution < 1.29 is 4.79 Å². The smallest absolute Gasteiger partial charge is 0.232 e. The number of aromatic nitrogens is 3. The van der Waals surface area contributed by atoms with Crippen LogP contribution in [0.5, 0.6) is 0 Å². The van der Waals surface area contributed by atoms with Crippen molar-refractivity contribution in [1.29, 1.82) is 5.26 Å². The summed E-state index contributed by atoms with van der Waals surface area (Å²) in [5.41, 5.74) is 0.911. The zero-order valence-corrected chi connectivity index (χ0v) is 14.4. The summed E-state index contributed by atoms with van der Waals surface area (Å²) in [6.07, 6.45) is 0.331. The molecule has 120 valence electrons. The van der Waals surface area contributed by atoms with Crippen LogP contribution in [0.15, 0.2) is 29.4 Å². The van der Waals surface area contributed by atoms with Crippen LogP contribution in [0, 0.1) is 11.3 Å². The zero-order valence-electron chi connectivity index (χ0n) is 12.9. The summed E-state index contributed by atoms with van der Waals surface area (Å²) >= 11 is 7.21. The molecule has 0 bridgehead atoms. The Kier molecular flexibility index (Phi) is 6.02. The van der Waals surface area contributed by atoms with Gasteiger partial charge in [-0.25, -0.2) is 0 Å². The molecule has 0 aliphatic heterocycles. The largest absolute Gasteiger partial charge is 0.344 e. The average Bonchev–Trinajstić information content (AvgIpc) is 2.92. The highest BCUT2D eigenvalue weighted by atomic mass is 35.5. The Bertz CT molecular complexity index is 722. The lowest BCUT2D eigenvalue weighted by Crippen LogP contribution is -2.29. The molecule has 0 aliphatic rings. The third kappa shape index (κ3) is 4.47. The molecule has 1 aromatic carbocycles. The number of hydrogen-bond acceptors (Lipinski definition) is 5. The van der Waals surface area contributed by atoms with E-state index in [0.717, 1.165) is 11.4 Å². The van der Waals surface area contributed by atoms with Crippen molar-refractivity contribution in [3.8, 4) is 17.5 Å². The lowest BCUT2D eigenvalue weighted by Gasteiger charge is -2.14. The summed E-state index contributed by atoms with van der Waals surface area (Å²) in [6.45, 7) is 0.435. The van der Waals surface area contributed by atoms with Gasteiger partial charge in [-0.1, -0.05) is 23.4 Å². The number of nitriles is 1. The van der Waals surface area contributed by atoms with Crippen molar-refractivity contribution in [2.45, 2.75) is 11.6 Å². The van der Waals surface area contributed by atoms with E-state index in [0.29, 0.717) is 23.1 Å². The summed E-state index contributed by atoms with van der Waals surface area (Å²) < 4.78 is 1.84. The molecule has 0 saturated carbocycles. The average molecular weight is 350 g/mol. The van der Waals surface area contributed by atoms with Gasteiger partial charge in [-0.15, -0.1) is 10.2 Å². The second-order valence-electron chi connectivity index (χ2n) is 4.88. The van der Waals surface area contributed by atoms with Gasteiger partial charge in [0.1, 0.15) is 0 Å². The first-order valence-electron chi connectivity index (χ1n) is 6.92. The predicted molar refractivity (Wildman–Crippen MR) is 90.0 cm³/mol. The van der Waals surface area contributed by atoms with E-state index in [-0.39, 0.29) is 11.7 Å². The second kappa shape index (κ2) is 7.99. The summed E-state index contributed by atoms with van der Waals surface area (Å²) in [6, 6.07) is 9.37. The monoisotopic (exact) mass is 349 g/mol. The Morgan fingerprint density at radius 2 is 2.09 bits per heavy atom. The molecule has 1 aromatic heterocycles. The van der Waals surface area contributed by atoms with Gasteiger partial charge in [0.05, 0.1) is 18.2 Å². The molecular weight excluding hydrogens is 334 g/mol. The number of halogens is 1. The van der Waals surface area contributed by atoms with E-state index >= 15 is 0 Å². The maximum absolute atomic E-state index is 12.0. The van der Waals surface area contributed by atoms with Gasteiger partial charge in [0.25, 0.3) is 0 Å². The first-order chi connectivity index (χ1) is 11.0. The van der Waals surface area contributed by atoms with E-state index in [1.807, 2.05) is 29.8 Å². The molecule has 0 aliphatic carbocycles. The third-order valence-corrected chi connectivity index (χ3v) is 4.50. The Morgan fingerprint density at radius 1 is 1.39 bits per heavy atom. The minimum absolute atomic E-state index is 0.0405. The van der Waals surface area contributed by atoms with Gasteiger partial charge in [-0.05, 0) is 24.3 Å². The molecule has 1 heterocycles. The Labute approximate surface area is 144 Å². The highest BCUT2D eigenvalue weighted by Gasteiger charge is 2.14. The van der Waals surface area contributed by atoms with Crippen LogP contribution in [0.2, 0.25) is 5.02 Å². The number of benzene rings is 1. The van der Waals surface area contributed by atoms with Crippen LogP contribution in [-0.4, -0.2) is 44.9 Å². The summed E-state index contributed by atoms with van der Waals surface area (Å²) in [7, 11) is 3.55. The summed E-state index contributed by atoms with van der Waals surface area (Å²) in [5, 5.41) is 18.2. The van der Waals surface area contributed by atoms with Crippen LogP contribution in [0.25, 0.3) is 11.4 Å². The minimum atomic E-state index is -0.0405. The zero-order chi connectivity index (χ0) is 16.8. The van der Waals surface area contributed by atoms with Gasteiger partial charge < -0.3 is 9.47 Å². The Balaban J connectivity index is 2.01. The van der Waals surface area contributed by atoms with E-state index in [4.69, 9.17) is 16.9 Å². The van der Waals surface area contributed by atoms with Crippen LogP contribution in [0.3, 0.4) is 0 Å². The summed E-state index contributed by atoms with van der Waals surface area (Å²) in [4.78, 5) is 13.5. The first kappa shape index (κ1) is 17.3. The van der Waals surface area contributed by atoms with Crippen LogP contribution in [0.1, 0.15) is 6.42 Å². The van der Waals surface area contributed by atoms with Crippen LogP contribution in [-0.2, 0) is 11.8 Å². The molecule has 8 heteroatoms. The van der Waals surface area contributed by atoms with Crippen molar-refractivity contribution in [3.05, 3.63) is 29.3 Å². The van der Waals surface area contributed by atoms with Gasteiger partial charge >= 0.3 is 0 Å². The molecule has 0 fully saturated rings. The highest BCUT2D eigenvalue weighted by molar-refractivity contribution is 7.99. The fourth-order valence-corrected chi connectivity index (χ4v) is 2.85. The van der Waals surface area contributed by atoms with Crippen LogP contribution >= 0.6 is 23.4 Å². The minimum Gasteiger partial charge on any atom is -0.344 e. The van der Waals surface area contributed by atoms with Crippen molar-refractivity contribution in [2.24, 2.45) is 7.05 Å². The van der Waals surface area contributed by atoms with E-state index in [1.165, 1.54) is 11.8 Å². The fraction of sp³-hybridized carbons (Fsp3) is 0.333. The van der Waals surface area contributed by atoms with Crippen molar-refractivity contribution in [1.82, 2.24) is 19.7 Å². The van der Waals surface area contributed by atoms with Gasteiger partial charge in [-0.3, -0.25) is 4.79 Å². The van der Waals surface area contributed by atoms with Gasteiger partial charge in [0, 0.05) is 31.2 Å². The molecule has 0 N–H and O–H groups in total. The SMILES string of the molecule is CN(CCC#N)C(=O)CSc1nnc(-c2ccc(Cl)cc2)n1C. The Morgan fingerprint density at radius 3 is 2.74 bits per heavy atom. The van der Waals surface area contributed by atoms with Crippen LogP contribution < -0.4 is 0 Å². The van der Waals surface area contributed by atoms with Gasteiger partial charge in [0.2, 0.25) is 5.91 Å². The van der Waals surface area contributed by atoms with Gasteiger partial charge in [-0.2, -0.15) is 5.26 Å². The van der Waals surface area contributed by atoms with Gasteiger partial charge in [0.15, 0.2) is 11.0 Å². The second-order valence-corrected chi connectivity index (χ2v) is 6.26. The number of rotatable bonds is 6. The quantitative estimate of drug-likeness (QED) is 0.749. The normalized spacial score (nSPS) is 10.3. The molecular formula is C15H16ClN5OS. The molecule has 0 atom stereocenters. The number of thioether (sulfide) groups is 1. The van der Waals surface area contributed by atoms with E-state index < -0.39 is 0 Å². The molecule has 0 radical (unpaired) electrons. The number of hydrogen-bond donors (Lipinski definition) is 0. The molecule has 2 aromatic rings. The maximum atomic E-state index is 12.0. The van der Waals surface area contributed by atoms with Crippen LogP contribution in [0.4, 0.5) is 0 Å². The number of carbonyl (C=O) groups excluding carboxylic acids is 1. The topological polar surface area (TPSA) is 74.8 Å². The van der Waals surface area contributed by atoms with E-state index in [2.05, 4.69) is 10.2 Å². The third-order valence-electron chi connectivity index (χ3n) is 3.25. The molecule has 2 rings (SSSR count). The standard InChI is InChI=1S/C15H16ClN5OS/c1-20(9-3-8-17)13(22)10-23-15-19-18-14(21(15)2)11-4-6-12(16)7-5-11/h4-7H,3,9-10H2,1-2H3. The Hall–Kier alpha value is -2.04. The lowest BCUT2D eigenvalue weighted by atomic mass is 10.2. The first-order valence-corrected chi connectivity index (χ1v) is 8.28. The number of carbonyl (C=O) groups is 1. The van der Waals surface area contributed by atoms with Crippen molar-refractivity contribution in [2.75, 3.05) is 19.3 Å². The molecule has 0 saturated heterocycles.